The molecule has 0 spiro atoms. The number of aromatic nitrogens is 2. The largest absolute Gasteiger partial charge is 0.300 e. The summed E-state index contributed by atoms with van der Waals surface area (Å²) in [7, 11) is 0. The van der Waals surface area contributed by atoms with E-state index in [0.717, 1.165) is 28.9 Å². The smallest absolute Gasteiger partial charge is 0.299 e. The molecule has 0 saturated carbocycles. The van der Waals surface area contributed by atoms with Crippen LogP contribution < -0.4 is 4.90 Å². The summed E-state index contributed by atoms with van der Waals surface area (Å²) in [5.74, 6) is -0.860. The molecule has 2 heterocycles. The van der Waals surface area contributed by atoms with E-state index in [1.165, 1.54) is 0 Å². The fourth-order valence-electron chi connectivity index (χ4n) is 2.76. The van der Waals surface area contributed by atoms with Gasteiger partial charge >= 0.3 is 0 Å². The van der Waals surface area contributed by atoms with E-state index in [1.54, 1.807) is 11.1 Å². The number of hydrogen-bond donors (Lipinski definition) is 0. The molecule has 1 aromatic carbocycles. The molecule has 5 nitrogen and oxygen atoms in total. The number of carbonyl (C=O) groups is 2. The minimum absolute atomic E-state index is 0.377. The maximum Gasteiger partial charge on any atom is 0.299 e. The molecule has 1 aliphatic rings. The van der Waals surface area contributed by atoms with Crippen molar-refractivity contribution in [1.29, 1.82) is 0 Å². The van der Waals surface area contributed by atoms with Crippen molar-refractivity contribution in [2.45, 2.75) is 33.9 Å². The van der Waals surface area contributed by atoms with Gasteiger partial charge in [-0.1, -0.05) is 12.1 Å². The molecule has 0 bridgehead atoms. The Balaban J connectivity index is 2.03. The second kappa shape index (κ2) is 4.84. The number of Topliss-reactive ketones (excluding diaryl/α,β-unsaturated/α-hetero) is 1. The van der Waals surface area contributed by atoms with Gasteiger partial charge in [0.25, 0.3) is 11.7 Å². The van der Waals surface area contributed by atoms with E-state index >= 15 is 0 Å². The number of carbonyl (C=O) groups excluding carboxylic acids is 2. The van der Waals surface area contributed by atoms with Gasteiger partial charge < -0.3 is 0 Å². The van der Waals surface area contributed by atoms with Crippen molar-refractivity contribution in [3.8, 4) is 0 Å². The Morgan fingerprint density at radius 1 is 1.14 bits per heavy atom. The van der Waals surface area contributed by atoms with Crippen LogP contribution in [-0.2, 0) is 17.9 Å². The molecule has 1 aromatic heterocycles. The van der Waals surface area contributed by atoms with Crippen LogP contribution in [0.5, 0.6) is 0 Å². The number of amides is 1. The van der Waals surface area contributed by atoms with Crippen molar-refractivity contribution >= 4 is 17.4 Å². The Morgan fingerprint density at radius 2 is 1.86 bits per heavy atom. The zero-order valence-electron chi connectivity index (χ0n) is 12.4. The van der Waals surface area contributed by atoms with Crippen LogP contribution in [0, 0.1) is 13.8 Å². The zero-order valence-corrected chi connectivity index (χ0v) is 12.4. The summed E-state index contributed by atoms with van der Waals surface area (Å²) in [6.45, 7) is 6.95. The van der Waals surface area contributed by atoms with Crippen molar-refractivity contribution in [3.05, 3.63) is 46.8 Å². The Morgan fingerprint density at radius 3 is 2.52 bits per heavy atom. The minimum atomic E-state index is -0.452. The quantitative estimate of drug-likeness (QED) is 0.812. The summed E-state index contributed by atoms with van der Waals surface area (Å²) >= 11 is 0. The van der Waals surface area contributed by atoms with Crippen LogP contribution in [0.15, 0.2) is 24.5 Å². The molecule has 1 aliphatic heterocycles. The summed E-state index contributed by atoms with van der Waals surface area (Å²) in [4.78, 5) is 26.1. The van der Waals surface area contributed by atoms with Crippen LogP contribution in [0.4, 0.5) is 5.69 Å². The summed E-state index contributed by atoms with van der Waals surface area (Å²) in [5.41, 5.74) is 4.00. The van der Waals surface area contributed by atoms with E-state index < -0.39 is 11.7 Å². The number of nitrogens with zero attached hydrogens (tertiary/aromatic N) is 3. The van der Waals surface area contributed by atoms with E-state index in [4.69, 9.17) is 0 Å². The number of rotatable bonds is 3. The molecule has 0 saturated heterocycles. The Hall–Kier alpha value is -2.43. The number of anilines is 1. The third kappa shape index (κ3) is 2.05. The van der Waals surface area contributed by atoms with Crippen molar-refractivity contribution in [1.82, 2.24) is 9.78 Å². The lowest BCUT2D eigenvalue weighted by atomic mass is 10.0. The molecule has 0 N–H and O–H groups in total. The maximum absolute atomic E-state index is 12.3. The molecule has 3 rings (SSSR count). The van der Waals surface area contributed by atoms with Gasteiger partial charge in [-0.15, -0.1) is 0 Å². The van der Waals surface area contributed by atoms with Gasteiger partial charge in [0.2, 0.25) is 0 Å². The highest BCUT2D eigenvalue weighted by Gasteiger charge is 2.38. The predicted octanol–water partition coefficient (Wildman–Crippen LogP) is 2.25. The Kier molecular flexibility index (Phi) is 3.12. The van der Waals surface area contributed by atoms with Crippen LogP contribution in [-0.4, -0.2) is 21.5 Å². The number of ketones is 1. The molecule has 0 fully saturated rings. The number of hydrogen-bond acceptors (Lipinski definition) is 3. The Bertz CT molecular complexity index is 746. The standard InChI is InChI=1S/C16H17N3O2/c1-4-18-8-12(7-17-18)9-19-14-11(3)6-5-10(2)13(14)15(20)16(19)21/h5-8H,4,9H2,1-3H3. The normalized spacial score (nSPS) is 14.0. The molecular weight excluding hydrogens is 266 g/mol. The number of fused-ring (bicyclic) bond motifs is 1. The lowest BCUT2D eigenvalue weighted by molar-refractivity contribution is -0.114. The topological polar surface area (TPSA) is 55.2 Å². The highest BCUT2D eigenvalue weighted by atomic mass is 16.2. The average Bonchev–Trinajstić information content (AvgIpc) is 3.02. The minimum Gasteiger partial charge on any atom is -0.300 e. The first-order valence-corrected chi connectivity index (χ1v) is 7.00. The lowest BCUT2D eigenvalue weighted by Crippen LogP contribution is -2.29. The van der Waals surface area contributed by atoms with Crippen molar-refractivity contribution in [2.75, 3.05) is 4.90 Å². The highest BCUT2D eigenvalue weighted by Crippen LogP contribution is 2.35. The van der Waals surface area contributed by atoms with E-state index in [9.17, 15) is 9.59 Å². The second-order valence-electron chi connectivity index (χ2n) is 5.35. The number of aryl methyl sites for hydroxylation is 3. The first kappa shape index (κ1) is 13.5. The maximum atomic E-state index is 12.3. The third-order valence-corrected chi connectivity index (χ3v) is 3.88. The van der Waals surface area contributed by atoms with E-state index in [2.05, 4.69) is 5.10 Å². The summed E-state index contributed by atoms with van der Waals surface area (Å²) in [5, 5.41) is 4.21. The molecule has 0 radical (unpaired) electrons. The molecule has 0 atom stereocenters. The van der Waals surface area contributed by atoms with Gasteiger partial charge in [0.15, 0.2) is 0 Å². The molecule has 2 aromatic rings. The van der Waals surface area contributed by atoms with Gasteiger partial charge in [-0.3, -0.25) is 19.2 Å². The second-order valence-corrected chi connectivity index (χ2v) is 5.35. The first-order chi connectivity index (χ1) is 10.0. The van der Waals surface area contributed by atoms with Crippen LogP contribution in [0.2, 0.25) is 0 Å². The summed E-state index contributed by atoms with van der Waals surface area (Å²) in [6.07, 6.45) is 3.64. The molecule has 1 amide bonds. The summed E-state index contributed by atoms with van der Waals surface area (Å²) in [6, 6.07) is 3.83. The Labute approximate surface area is 123 Å². The monoisotopic (exact) mass is 283 g/mol. The molecule has 0 aliphatic carbocycles. The third-order valence-electron chi connectivity index (χ3n) is 3.88. The number of benzene rings is 1. The molecule has 5 heteroatoms. The average molecular weight is 283 g/mol. The fraction of sp³-hybridized carbons (Fsp3) is 0.312. The van der Waals surface area contributed by atoms with Gasteiger partial charge in [-0.2, -0.15) is 5.10 Å². The van der Waals surface area contributed by atoms with Gasteiger partial charge in [0.05, 0.1) is 24.0 Å². The van der Waals surface area contributed by atoms with E-state index in [-0.39, 0.29) is 0 Å². The first-order valence-electron chi connectivity index (χ1n) is 7.00. The van der Waals surface area contributed by atoms with Crippen LogP contribution >= 0.6 is 0 Å². The molecular formula is C16H17N3O2. The van der Waals surface area contributed by atoms with Gasteiger partial charge in [0.1, 0.15) is 0 Å². The van der Waals surface area contributed by atoms with Crippen LogP contribution in [0.3, 0.4) is 0 Å². The molecule has 108 valence electrons. The van der Waals surface area contributed by atoms with Crippen LogP contribution in [0.1, 0.15) is 34.0 Å². The van der Waals surface area contributed by atoms with Crippen molar-refractivity contribution in [2.24, 2.45) is 0 Å². The molecule has 0 unspecified atom stereocenters. The zero-order chi connectivity index (χ0) is 15.1. The van der Waals surface area contributed by atoms with Crippen LogP contribution in [0.25, 0.3) is 0 Å². The van der Waals surface area contributed by atoms with Crippen molar-refractivity contribution < 1.29 is 9.59 Å². The van der Waals surface area contributed by atoms with Gasteiger partial charge in [-0.25, -0.2) is 0 Å². The van der Waals surface area contributed by atoms with Crippen molar-refractivity contribution in [3.63, 3.8) is 0 Å². The highest BCUT2D eigenvalue weighted by molar-refractivity contribution is 6.52. The summed E-state index contributed by atoms with van der Waals surface area (Å²) < 4.78 is 1.81. The lowest BCUT2D eigenvalue weighted by Gasteiger charge is -2.18. The predicted molar refractivity (Wildman–Crippen MR) is 79.3 cm³/mol. The van der Waals surface area contributed by atoms with Gasteiger partial charge in [0, 0.05) is 18.3 Å². The van der Waals surface area contributed by atoms with E-state index in [0.29, 0.717) is 12.1 Å². The van der Waals surface area contributed by atoms with E-state index in [1.807, 2.05) is 43.8 Å². The van der Waals surface area contributed by atoms with Gasteiger partial charge in [-0.05, 0) is 31.9 Å². The fourth-order valence-corrected chi connectivity index (χ4v) is 2.76. The molecule has 21 heavy (non-hydrogen) atoms. The SMILES string of the molecule is CCn1cc(CN2C(=O)C(=O)c3c(C)ccc(C)c32)cn1.